The van der Waals surface area contributed by atoms with Gasteiger partial charge in [-0.15, -0.1) is 11.3 Å². The Kier molecular flexibility index (Phi) is 5.49. The van der Waals surface area contributed by atoms with Crippen LogP contribution in [-0.2, 0) is 11.8 Å². The summed E-state index contributed by atoms with van der Waals surface area (Å²) in [5.74, 6) is 0.596. The molecule has 5 aromatic rings. The molecule has 0 saturated carbocycles. The normalized spacial score (nSPS) is 12.2. The van der Waals surface area contributed by atoms with E-state index in [9.17, 15) is 0 Å². The molecule has 3 nitrogen and oxygen atoms in total. The van der Waals surface area contributed by atoms with Crippen molar-refractivity contribution >= 4 is 32.2 Å². The summed E-state index contributed by atoms with van der Waals surface area (Å²) < 4.78 is 1.31. The summed E-state index contributed by atoms with van der Waals surface area (Å²) in [6.07, 6.45) is 4.73. The summed E-state index contributed by atoms with van der Waals surface area (Å²) in [5.41, 5.74) is 6.50. The molecule has 0 unspecified atom stereocenters. The molecule has 166 valence electrons. The van der Waals surface area contributed by atoms with E-state index in [1.165, 1.54) is 32.0 Å². The minimum Gasteiger partial charge on any atom is -0.254 e. The number of fused-ring (bicyclic) bond motifs is 2. The highest BCUT2D eigenvalue weighted by Gasteiger charge is 2.19. The van der Waals surface area contributed by atoms with E-state index in [4.69, 9.17) is 4.98 Å². The zero-order chi connectivity index (χ0) is 23.2. The summed E-state index contributed by atoms with van der Waals surface area (Å²) >= 11 is 1.79. The van der Waals surface area contributed by atoms with E-state index in [1.54, 1.807) is 17.7 Å². The average Bonchev–Trinajstić information content (AvgIpc) is 3.28. The van der Waals surface area contributed by atoms with Gasteiger partial charge in [-0.25, -0.2) is 9.97 Å². The third kappa shape index (κ3) is 4.16. The number of aromatic nitrogens is 3. The fourth-order valence-electron chi connectivity index (χ4n) is 4.53. The standard InChI is InChI=1S/C29H29N3S/c1-18(2)12-21-16-30-27(23-10-11-33-28(21)23)26-15-25(31-17-32-26)20-13-19-8-6-7-9-22(19)24(14-20)29(3,4)5/h6-11,13-18H,12H2,1-5H3. The monoisotopic (exact) mass is 451 g/mol. The summed E-state index contributed by atoms with van der Waals surface area (Å²) in [7, 11) is 0. The van der Waals surface area contributed by atoms with Crippen LogP contribution in [0.1, 0.15) is 45.7 Å². The van der Waals surface area contributed by atoms with Gasteiger partial charge in [0, 0.05) is 21.8 Å². The maximum atomic E-state index is 4.86. The average molecular weight is 452 g/mol. The zero-order valence-electron chi connectivity index (χ0n) is 19.9. The number of nitrogens with zero attached hydrogens (tertiary/aromatic N) is 3. The predicted molar refractivity (Wildman–Crippen MR) is 141 cm³/mol. The Morgan fingerprint density at radius 3 is 2.45 bits per heavy atom. The first-order chi connectivity index (χ1) is 15.8. The van der Waals surface area contributed by atoms with Gasteiger partial charge in [0.1, 0.15) is 6.33 Å². The van der Waals surface area contributed by atoms with Crippen LogP contribution in [0.5, 0.6) is 0 Å². The van der Waals surface area contributed by atoms with Crippen LogP contribution in [0.4, 0.5) is 0 Å². The third-order valence-corrected chi connectivity index (χ3v) is 7.05. The Morgan fingerprint density at radius 2 is 1.67 bits per heavy atom. The molecule has 3 heterocycles. The van der Waals surface area contributed by atoms with Crippen LogP contribution in [0.3, 0.4) is 0 Å². The molecule has 33 heavy (non-hydrogen) atoms. The van der Waals surface area contributed by atoms with E-state index in [-0.39, 0.29) is 5.41 Å². The van der Waals surface area contributed by atoms with E-state index in [1.807, 2.05) is 6.20 Å². The van der Waals surface area contributed by atoms with Gasteiger partial charge in [-0.3, -0.25) is 4.98 Å². The van der Waals surface area contributed by atoms with Crippen LogP contribution in [0, 0.1) is 5.92 Å². The van der Waals surface area contributed by atoms with Crippen LogP contribution in [0.15, 0.2) is 66.4 Å². The Hall–Kier alpha value is -3.11. The molecule has 0 radical (unpaired) electrons. The van der Waals surface area contributed by atoms with Gasteiger partial charge in [-0.2, -0.15) is 0 Å². The van der Waals surface area contributed by atoms with Gasteiger partial charge in [0.25, 0.3) is 0 Å². The lowest BCUT2D eigenvalue weighted by atomic mass is 9.82. The summed E-state index contributed by atoms with van der Waals surface area (Å²) in [6, 6.07) is 17.4. The van der Waals surface area contributed by atoms with Crippen molar-refractivity contribution in [2.24, 2.45) is 5.92 Å². The van der Waals surface area contributed by atoms with Crippen LogP contribution in [0.2, 0.25) is 0 Å². The second-order valence-electron chi connectivity index (χ2n) is 10.2. The van der Waals surface area contributed by atoms with Crippen molar-refractivity contribution in [1.82, 2.24) is 15.0 Å². The Bertz CT molecular complexity index is 1460. The number of hydrogen-bond donors (Lipinski definition) is 0. The molecule has 0 fully saturated rings. The second-order valence-corrected chi connectivity index (χ2v) is 11.1. The molecule has 0 aliphatic rings. The van der Waals surface area contributed by atoms with Crippen molar-refractivity contribution in [2.45, 2.75) is 46.5 Å². The van der Waals surface area contributed by atoms with Gasteiger partial charge in [0.05, 0.1) is 17.1 Å². The maximum Gasteiger partial charge on any atom is 0.116 e. The third-order valence-electron chi connectivity index (χ3n) is 6.06. The highest BCUT2D eigenvalue weighted by molar-refractivity contribution is 7.17. The number of thiophene rings is 1. The number of benzene rings is 2. The fourth-order valence-corrected chi connectivity index (χ4v) is 5.45. The molecule has 0 amide bonds. The first-order valence-corrected chi connectivity index (χ1v) is 12.4. The van der Waals surface area contributed by atoms with E-state index in [2.05, 4.69) is 98.5 Å². The molecular formula is C29H29N3S. The quantitative estimate of drug-likeness (QED) is 0.277. The summed E-state index contributed by atoms with van der Waals surface area (Å²) in [6.45, 7) is 11.3. The fraction of sp³-hybridized carbons (Fsp3) is 0.276. The van der Waals surface area contributed by atoms with Crippen molar-refractivity contribution in [3.8, 4) is 22.6 Å². The lowest BCUT2D eigenvalue weighted by molar-refractivity contribution is 0.596. The number of rotatable bonds is 4. The van der Waals surface area contributed by atoms with Crippen molar-refractivity contribution < 1.29 is 0 Å². The molecule has 0 aliphatic heterocycles. The van der Waals surface area contributed by atoms with Crippen molar-refractivity contribution in [3.63, 3.8) is 0 Å². The van der Waals surface area contributed by atoms with Gasteiger partial charge in [-0.1, -0.05) is 58.9 Å². The first-order valence-electron chi connectivity index (χ1n) is 11.5. The van der Waals surface area contributed by atoms with Gasteiger partial charge in [-0.05, 0) is 69.3 Å². The molecule has 2 aromatic carbocycles. The molecule has 0 aliphatic carbocycles. The Labute approximate surface area is 199 Å². The zero-order valence-corrected chi connectivity index (χ0v) is 20.7. The number of hydrogen-bond acceptors (Lipinski definition) is 4. The summed E-state index contributed by atoms with van der Waals surface area (Å²) in [5, 5.41) is 5.86. The van der Waals surface area contributed by atoms with Crippen molar-refractivity contribution in [2.75, 3.05) is 0 Å². The molecule has 0 saturated heterocycles. The molecule has 0 N–H and O–H groups in total. The van der Waals surface area contributed by atoms with Crippen LogP contribution < -0.4 is 0 Å². The van der Waals surface area contributed by atoms with Crippen molar-refractivity contribution in [3.05, 3.63) is 77.6 Å². The predicted octanol–water partition coefficient (Wildman–Crippen LogP) is 8.07. The Morgan fingerprint density at radius 1 is 0.879 bits per heavy atom. The SMILES string of the molecule is CC(C)Cc1cnc(-c2cc(-c3cc(C(C)(C)C)c4ccccc4c3)ncn2)c2ccsc12. The Balaban J connectivity index is 1.65. The van der Waals surface area contributed by atoms with Gasteiger partial charge < -0.3 is 0 Å². The molecular weight excluding hydrogens is 422 g/mol. The highest BCUT2D eigenvalue weighted by atomic mass is 32.1. The minimum absolute atomic E-state index is 0.0299. The smallest absolute Gasteiger partial charge is 0.116 e. The van der Waals surface area contributed by atoms with Crippen LogP contribution >= 0.6 is 11.3 Å². The highest BCUT2D eigenvalue weighted by Crippen LogP contribution is 2.36. The van der Waals surface area contributed by atoms with Crippen LogP contribution in [-0.4, -0.2) is 15.0 Å². The van der Waals surface area contributed by atoms with E-state index >= 15 is 0 Å². The van der Waals surface area contributed by atoms with Gasteiger partial charge in [0.2, 0.25) is 0 Å². The molecule has 3 aromatic heterocycles. The lowest BCUT2D eigenvalue weighted by Crippen LogP contribution is -2.12. The minimum atomic E-state index is 0.0299. The van der Waals surface area contributed by atoms with E-state index in [0.717, 1.165) is 29.1 Å². The van der Waals surface area contributed by atoms with Gasteiger partial charge >= 0.3 is 0 Å². The van der Waals surface area contributed by atoms with Gasteiger partial charge in [0.15, 0.2) is 0 Å². The topological polar surface area (TPSA) is 38.7 Å². The van der Waals surface area contributed by atoms with E-state index < -0.39 is 0 Å². The number of pyridine rings is 1. The summed E-state index contributed by atoms with van der Waals surface area (Å²) in [4.78, 5) is 14.1. The molecule has 0 atom stereocenters. The molecule has 4 heteroatoms. The van der Waals surface area contributed by atoms with Crippen LogP contribution in [0.25, 0.3) is 43.5 Å². The van der Waals surface area contributed by atoms with E-state index in [0.29, 0.717) is 5.92 Å². The largest absolute Gasteiger partial charge is 0.254 e. The molecule has 0 bridgehead atoms. The van der Waals surface area contributed by atoms with Crippen molar-refractivity contribution in [1.29, 1.82) is 0 Å². The maximum absolute atomic E-state index is 4.86. The molecule has 5 rings (SSSR count). The lowest BCUT2D eigenvalue weighted by Gasteiger charge is -2.22. The second kappa shape index (κ2) is 8.35. The molecule has 0 spiro atoms. The first kappa shape index (κ1) is 21.7.